The summed E-state index contributed by atoms with van der Waals surface area (Å²) in [5.74, 6) is 0. The lowest BCUT2D eigenvalue weighted by Crippen LogP contribution is -2.71. The van der Waals surface area contributed by atoms with Gasteiger partial charge in [0.2, 0.25) is 10.0 Å². The van der Waals surface area contributed by atoms with Gasteiger partial charge in [-0.05, 0) is 42.8 Å². The van der Waals surface area contributed by atoms with E-state index in [0.717, 1.165) is 18.7 Å². The van der Waals surface area contributed by atoms with E-state index in [2.05, 4.69) is 21.1 Å². The first kappa shape index (κ1) is 24.2. The molecule has 2 fully saturated rings. The van der Waals surface area contributed by atoms with Gasteiger partial charge in [-0.1, -0.05) is 19.9 Å². The summed E-state index contributed by atoms with van der Waals surface area (Å²) in [5, 5.41) is 13.1. The summed E-state index contributed by atoms with van der Waals surface area (Å²) < 4.78 is 55.5. The smallest absolute Gasteiger partial charge is 0.261 e. The highest BCUT2D eigenvalue weighted by Gasteiger charge is 2.51. The van der Waals surface area contributed by atoms with Crippen molar-refractivity contribution in [2.75, 3.05) is 30.9 Å². The molecule has 0 saturated carbocycles. The minimum Gasteiger partial charge on any atom is -0.358 e. The lowest BCUT2D eigenvalue weighted by Gasteiger charge is -2.55. The molecule has 2 aromatic carbocycles. The van der Waals surface area contributed by atoms with Gasteiger partial charge in [0, 0.05) is 43.2 Å². The standard InChI is InChI=1S/C21H21N5O4S2.C2H6/c1-14-2-7-18(20-19(14)15(8-22)9-24-20)25-31(27,28)16-3-5-17(6-4-16)32(29,30)26-12-21(13-26)10-23-11-21;1-2/h2-7,9,23-25H,10-13H2,1H3;1-2H3. The van der Waals surface area contributed by atoms with Gasteiger partial charge in [0.1, 0.15) is 6.07 Å². The van der Waals surface area contributed by atoms with Gasteiger partial charge in [0.25, 0.3) is 10.0 Å². The zero-order chi connectivity index (χ0) is 24.7. The number of hydrogen-bond acceptors (Lipinski definition) is 6. The number of rotatable bonds is 5. The largest absolute Gasteiger partial charge is 0.358 e. The summed E-state index contributed by atoms with van der Waals surface area (Å²) in [5.41, 5.74) is 2.16. The van der Waals surface area contributed by atoms with Crippen LogP contribution in [0.3, 0.4) is 0 Å². The molecule has 2 saturated heterocycles. The first-order valence-corrected chi connectivity index (χ1v) is 13.9. The van der Waals surface area contributed by atoms with E-state index in [4.69, 9.17) is 0 Å². The van der Waals surface area contributed by atoms with Crippen LogP contribution in [0.1, 0.15) is 25.0 Å². The maximum atomic E-state index is 12.9. The first-order valence-electron chi connectivity index (χ1n) is 11.0. The molecule has 0 atom stereocenters. The molecule has 11 heteroatoms. The Morgan fingerprint density at radius 3 is 2.18 bits per heavy atom. The Kier molecular flexibility index (Phi) is 6.20. The van der Waals surface area contributed by atoms with Crippen LogP contribution < -0.4 is 10.0 Å². The minimum atomic E-state index is -3.97. The number of hydrogen-bond donors (Lipinski definition) is 3. The number of aromatic amines is 1. The minimum absolute atomic E-state index is 0.0551. The number of aryl methyl sites for hydroxylation is 1. The van der Waals surface area contributed by atoms with Gasteiger partial charge < -0.3 is 10.3 Å². The van der Waals surface area contributed by atoms with Crippen LogP contribution in [0.15, 0.2) is 52.4 Å². The Morgan fingerprint density at radius 2 is 1.62 bits per heavy atom. The summed E-state index contributed by atoms with van der Waals surface area (Å²) in [6.45, 7) is 8.45. The van der Waals surface area contributed by atoms with Crippen molar-refractivity contribution in [2.24, 2.45) is 5.41 Å². The van der Waals surface area contributed by atoms with Crippen LogP contribution in [0.25, 0.3) is 10.9 Å². The average Bonchev–Trinajstić information content (AvgIpc) is 3.20. The molecule has 2 aliphatic heterocycles. The molecule has 0 aliphatic carbocycles. The monoisotopic (exact) mass is 501 g/mol. The fraction of sp³-hybridized carbons (Fsp3) is 0.348. The molecule has 0 unspecified atom stereocenters. The Balaban J connectivity index is 0.00000133. The van der Waals surface area contributed by atoms with E-state index < -0.39 is 20.0 Å². The van der Waals surface area contributed by atoms with E-state index in [0.29, 0.717) is 35.2 Å². The molecule has 1 aromatic heterocycles. The highest BCUT2D eigenvalue weighted by Crippen LogP contribution is 2.38. The molecule has 34 heavy (non-hydrogen) atoms. The van der Waals surface area contributed by atoms with Crippen molar-refractivity contribution in [3.8, 4) is 6.07 Å². The Hall–Kier alpha value is -2.91. The zero-order valence-corrected chi connectivity index (χ0v) is 20.8. The van der Waals surface area contributed by atoms with Gasteiger partial charge in [-0.15, -0.1) is 0 Å². The van der Waals surface area contributed by atoms with Gasteiger partial charge in [-0.3, -0.25) is 4.72 Å². The van der Waals surface area contributed by atoms with Crippen LogP contribution in [-0.4, -0.2) is 52.3 Å². The number of fused-ring (bicyclic) bond motifs is 1. The van der Waals surface area contributed by atoms with E-state index in [1.165, 1.54) is 34.8 Å². The Labute approximate surface area is 199 Å². The van der Waals surface area contributed by atoms with E-state index in [-0.39, 0.29) is 15.2 Å². The molecule has 9 nitrogen and oxygen atoms in total. The summed E-state index contributed by atoms with van der Waals surface area (Å²) in [6.07, 6.45) is 1.54. The highest BCUT2D eigenvalue weighted by molar-refractivity contribution is 7.92. The van der Waals surface area contributed by atoms with Crippen LogP contribution in [0.4, 0.5) is 5.69 Å². The molecule has 3 aromatic rings. The summed E-state index contributed by atoms with van der Waals surface area (Å²) in [4.78, 5) is 2.97. The molecule has 3 N–H and O–H groups in total. The number of benzene rings is 2. The summed E-state index contributed by atoms with van der Waals surface area (Å²) in [6, 6.07) is 10.7. The fourth-order valence-corrected chi connectivity index (χ4v) is 7.05. The van der Waals surface area contributed by atoms with Crippen LogP contribution in [-0.2, 0) is 20.0 Å². The van der Waals surface area contributed by atoms with Crippen LogP contribution in [0.5, 0.6) is 0 Å². The average molecular weight is 502 g/mol. The van der Waals surface area contributed by atoms with Crippen LogP contribution in [0, 0.1) is 23.7 Å². The van der Waals surface area contributed by atoms with E-state index in [9.17, 15) is 22.1 Å². The highest BCUT2D eigenvalue weighted by atomic mass is 32.2. The maximum Gasteiger partial charge on any atom is 0.261 e. The zero-order valence-electron chi connectivity index (χ0n) is 19.2. The quantitative estimate of drug-likeness (QED) is 0.492. The number of sulfonamides is 2. The topological polar surface area (TPSA) is 135 Å². The molecule has 1 spiro atoms. The van der Waals surface area contributed by atoms with Crippen molar-refractivity contribution in [1.29, 1.82) is 5.26 Å². The molecule has 2 aliphatic rings. The van der Waals surface area contributed by atoms with Crippen LogP contribution in [0.2, 0.25) is 0 Å². The van der Waals surface area contributed by atoms with E-state index >= 15 is 0 Å². The molecule has 0 bridgehead atoms. The van der Waals surface area contributed by atoms with Crippen molar-refractivity contribution < 1.29 is 16.8 Å². The third kappa shape index (κ3) is 3.96. The Bertz CT molecular complexity index is 1470. The van der Waals surface area contributed by atoms with Crippen molar-refractivity contribution in [3.63, 3.8) is 0 Å². The van der Waals surface area contributed by atoms with Crippen molar-refractivity contribution in [3.05, 3.63) is 53.7 Å². The van der Waals surface area contributed by atoms with Crippen molar-refractivity contribution in [1.82, 2.24) is 14.6 Å². The van der Waals surface area contributed by atoms with Gasteiger partial charge in [-0.2, -0.15) is 9.57 Å². The number of anilines is 1. The number of nitrogens with one attached hydrogen (secondary N) is 3. The third-order valence-electron chi connectivity index (χ3n) is 6.20. The molecule has 180 valence electrons. The number of nitriles is 1. The van der Waals surface area contributed by atoms with E-state index in [1.807, 2.05) is 20.8 Å². The SMILES string of the molecule is CC.Cc1ccc(NS(=O)(=O)c2ccc(S(=O)(=O)N3CC4(CNC4)C3)cc2)c2[nH]cc(C#N)c12. The summed E-state index contributed by atoms with van der Waals surface area (Å²) in [7, 11) is -7.62. The van der Waals surface area contributed by atoms with Crippen molar-refractivity contribution in [2.45, 2.75) is 30.6 Å². The molecular weight excluding hydrogens is 474 g/mol. The predicted octanol–water partition coefficient (Wildman–Crippen LogP) is 2.77. The fourth-order valence-electron chi connectivity index (χ4n) is 4.31. The second-order valence-electron chi connectivity index (χ2n) is 8.45. The number of aromatic nitrogens is 1. The molecule has 3 heterocycles. The number of H-pyrrole nitrogens is 1. The third-order valence-corrected chi connectivity index (χ3v) is 9.39. The van der Waals surface area contributed by atoms with Crippen LogP contribution >= 0.6 is 0 Å². The molecule has 0 amide bonds. The molecule has 0 radical (unpaired) electrons. The summed E-state index contributed by atoms with van der Waals surface area (Å²) >= 11 is 0. The lowest BCUT2D eigenvalue weighted by atomic mass is 9.76. The van der Waals surface area contributed by atoms with Gasteiger partial charge in [0.15, 0.2) is 0 Å². The number of nitrogens with zero attached hydrogens (tertiary/aromatic N) is 2. The normalized spacial score (nSPS) is 17.2. The van der Waals surface area contributed by atoms with E-state index in [1.54, 1.807) is 12.1 Å². The lowest BCUT2D eigenvalue weighted by molar-refractivity contribution is 0.0164. The molecule has 5 rings (SSSR count). The predicted molar refractivity (Wildman–Crippen MR) is 130 cm³/mol. The first-order chi connectivity index (χ1) is 16.2. The second-order valence-corrected chi connectivity index (χ2v) is 12.1. The van der Waals surface area contributed by atoms with Gasteiger partial charge in [-0.25, -0.2) is 16.8 Å². The van der Waals surface area contributed by atoms with Crippen molar-refractivity contribution >= 4 is 36.6 Å². The maximum absolute atomic E-state index is 12.9. The Morgan fingerprint density at radius 1 is 1.00 bits per heavy atom. The van der Waals surface area contributed by atoms with Gasteiger partial charge in [0.05, 0.1) is 26.6 Å². The van der Waals surface area contributed by atoms with Gasteiger partial charge >= 0.3 is 0 Å². The second kappa shape index (κ2) is 8.70. The molecular formula is C23H27N5O4S2.